The van der Waals surface area contributed by atoms with E-state index in [-0.39, 0.29) is 6.04 Å². The quantitative estimate of drug-likeness (QED) is 0.806. The van der Waals surface area contributed by atoms with Gasteiger partial charge in [-0.05, 0) is 24.8 Å². The summed E-state index contributed by atoms with van der Waals surface area (Å²) in [6.07, 6.45) is 4.52. The van der Waals surface area contributed by atoms with Crippen molar-refractivity contribution in [2.75, 3.05) is 0 Å². The molecule has 0 radical (unpaired) electrons. The first kappa shape index (κ1) is 13.2. The molecule has 0 aliphatic heterocycles. The fourth-order valence-electron chi connectivity index (χ4n) is 2.23. The third kappa shape index (κ3) is 3.34. The SMILES string of the molecule is CCCC(C)CC(N)c1cc(CC)nn1C. The summed E-state index contributed by atoms with van der Waals surface area (Å²) in [5, 5.41) is 4.44. The molecule has 0 aromatic carbocycles. The van der Waals surface area contributed by atoms with Crippen LogP contribution >= 0.6 is 0 Å². The van der Waals surface area contributed by atoms with Crippen LogP contribution in [-0.4, -0.2) is 9.78 Å². The van der Waals surface area contributed by atoms with E-state index < -0.39 is 0 Å². The monoisotopic (exact) mass is 223 g/mol. The molecule has 0 amide bonds. The van der Waals surface area contributed by atoms with E-state index in [0.717, 1.165) is 18.5 Å². The van der Waals surface area contributed by atoms with Gasteiger partial charge in [-0.1, -0.05) is 33.6 Å². The van der Waals surface area contributed by atoms with Crippen LogP contribution in [0.15, 0.2) is 6.07 Å². The summed E-state index contributed by atoms with van der Waals surface area (Å²) in [5.74, 6) is 0.694. The van der Waals surface area contributed by atoms with E-state index in [2.05, 4.69) is 31.9 Å². The molecule has 3 nitrogen and oxygen atoms in total. The van der Waals surface area contributed by atoms with Crippen LogP contribution in [0.25, 0.3) is 0 Å². The minimum Gasteiger partial charge on any atom is -0.323 e. The fourth-order valence-corrected chi connectivity index (χ4v) is 2.23. The van der Waals surface area contributed by atoms with Gasteiger partial charge in [0, 0.05) is 13.1 Å². The van der Waals surface area contributed by atoms with Crippen molar-refractivity contribution in [2.45, 2.75) is 52.5 Å². The van der Waals surface area contributed by atoms with Crippen molar-refractivity contribution in [3.05, 3.63) is 17.5 Å². The van der Waals surface area contributed by atoms with E-state index >= 15 is 0 Å². The standard InChI is InChI=1S/C13H25N3/c1-5-7-10(3)8-12(14)13-9-11(6-2)15-16(13)4/h9-10,12H,5-8,14H2,1-4H3. The summed E-state index contributed by atoms with van der Waals surface area (Å²) < 4.78 is 1.93. The molecule has 3 heteroatoms. The molecule has 2 N–H and O–H groups in total. The second kappa shape index (κ2) is 6.04. The molecule has 0 saturated heterocycles. The number of aromatic nitrogens is 2. The molecule has 0 aliphatic rings. The smallest absolute Gasteiger partial charge is 0.0625 e. The number of hydrogen-bond acceptors (Lipinski definition) is 2. The molecule has 0 spiro atoms. The Balaban J connectivity index is 2.64. The molecule has 0 saturated carbocycles. The van der Waals surface area contributed by atoms with Gasteiger partial charge in [-0.25, -0.2) is 0 Å². The van der Waals surface area contributed by atoms with Crippen molar-refractivity contribution in [2.24, 2.45) is 18.7 Å². The normalized spacial score (nSPS) is 15.1. The fraction of sp³-hybridized carbons (Fsp3) is 0.769. The first-order valence-corrected chi connectivity index (χ1v) is 6.36. The molecular weight excluding hydrogens is 198 g/mol. The molecule has 0 fully saturated rings. The van der Waals surface area contributed by atoms with Crippen LogP contribution in [0.1, 0.15) is 57.5 Å². The number of nitrogens with zero attached hydrogens (tertiary/aromatic N) is 2. The van der Waals surface area contributed by atoms with Gasteiger partial charge in [0.05, 0.1) is 11.4 Å². The molecule has 92 valence electrons. The maximum Gasteiger partial charge on any atom is 0.0625 e. The minimum atomic E-state index is 0.124. The molecular formula is C13H25N3. The summed E-state index contributed by atoms with van der Waals surface area (Å²) >= 11 is 0. The maximum absolute atomic E-state index is 6.23. The molecule has 0 aliphatic carbocycles. The summed E-state index contributed by atoms with van der Waals surface area (Å²) in [6, 6.07) is 2.27. The van der Waals surface area contributed by atoms with Crippen LogP contribution in [0.2, 0.25) is 0 Å². The van der Waals surface area contributed by atoms with E-state index in [4.69, 9.17) is 5.73 Å². The molecule has 1 heterocycles. The minimum absolute atomic E-state index is 0.124. The Kier molecular flexibility index (Phi) is 5.00. The first-order chi connectivity index (χ1) is 7.58. The zero-order chi connectivity index (χ0) is 12.1. The molecule has 1 rings (SSSR count). The van der Waals surface area contributed by atoms with Crippen molar-refractivity contribution in [1.82, 2.24) is 9.78 Å². The van der Waals surface area contributed by atoms with E-state index in [1.807, 2.05) is 11.7 Å². The number of hydrogen-bond donors (Lipinski definition) is 1. The van der Waals surface area contributed by atoms with Crippen molar-refractivity contribution in [3.8, 4) is 0 Å². The summed E-state index contributed by atoms with van der Waals surface area (Å²) in [4.78, 5) is 0. The van der Waals surface area contributed by atoms with E-state index in [1.165, 1.54) is 18.5 Å². The van der Waals surface area contributed by atoms with Crippen molar-refractivity contribution in [3.63, 3.8) is 0 Å². The third-order valence-electron chi connectivity index (χ3n) is 3.15. The summed E-state index contributed by atoms with van der Waals surface area (Å²) in [5.41, 5.74) is 8.54. The number of nitrogens with two attached hydrogens (primary N) is 1. The lowest BCUT2D eigenvalue weighted by atomic mass is 9.96. The van der Waals surface area contributed by atoms with Crippen molar-refractivity contribution >= 4 is 0 Å². The first-order valence-electron chi connectivity index (χ1n) is 6.36. The van der Waals surface area contributed by atoms with Gasteiger partial charge < -0.3 is 5.73 Å². The predicted octanol–water partition coefficient (Wildman–Crippen LogP) is 2.81. The molecule has 2 atom stereocenters. The van der Waals surface area contributed by atoms with Gasteiger partial charge in [0.2, 0.25) is 0 Å². The van der Waals surface area contributed by atoms with Gasteiger partial charge in [-0.3, -0.25) is 4.68 Å². The van der Waals surface area contributed by atoms with E-state index in [0.29, 0.717) is 5.92 Å². The number of rotatable bonds is 6. The van der Waals surface area contributed by atoms with Gasteiger partial charge in [0.1, 0.15) is 0 Å². The molecule has 1 aromatic rings. The lowest BCUT2D eigenvalue weighted by Gasteiger charge is -2.16. The van der Waals surface area contributed by atoms with Gasteiger partial charge >= 0.3 is 0 Å². The Hall–Kier alpha value is -0.830. The Bertz CT molecular complexity index is 317. The zero-order valence-corrected chi connectivity index (χ0v) is 11.0. The maximum atomic E-state index is 6.23. The van der Waals surface area contributed by atoms with Crippen LogP contribution < -0.4 is 5.73 Å². The van der Waals surface area contributed by atoms with E-state index in [1.54, 1.807) is 0 Å². The highest BCUT2D eigenvalue weighted by Crippen LogP contribution is 2.22. The number of aryl methyl sites for hydroxylation is 2. The Labute approximate surface area is 99.0 Å². The van der Waals surface area contributed by atoms with Gasteiger partial charge in [0.25, 0.3) is 0 Å². The Morgan fingerprint density at radius 3 is 2.62 bits per heavy atom. The van der Waals surface area contributed by atoms with Gasteiger partial charge in [-0.2, -0.15) is 5.10 Å². The highest BCUT2D eigenvalue weighted by molar-refractivity contribution is 5.13. The van der Waals surface area contributed by atoms with Gasteiger partial charge in [-0.15, -0.1) is 0 Å². The third-order valence-corrected chi connectivity index (χ3v) is 3.15. The summed E-state index contributed by atoms with van der Waals surface area (Å²) in [7, 11) is 1.98. The molecule has 1 aromatic heterocycles. The predicted molar refractivity (Wildman–Crippen MR) is 68.2 cm³/mol. The highest BCUT2D eigenvalue weighted by Gasteiger charge is 2.15. The van der Waals surface area contributed by atoms with Crippen molar-refractivity contribution < 1.29 is 0 Å². The van der Waals surface area contributed by atoms with Crippen LogP contribution in [0.4, 0.5) is 0 Å². The second-order valence-corrected chi connectivity index (χ2v) is 4.77. The Morgan fingerprint density at radius 2 is 2.12 bits per heavy atom. The van der Waals surface area contributed by atoms with Crippen LogP contribution in [0, 0.1) is 5.92 Å². The van der Waals surface area contributed by atoms with Crippen molar-refractivity contribution in [1.29, 1.82) is 0 Å². The van der Waals surface area contributed by atoms with Crippen LogP contribution in [0.5, 0.6) is 0 Å². The lowest BCUT2D eigenvalue weighted by molar-refractivity contribution is 0.427. The lowest BCUT2D eigenvalue weighted by Crippen LogP contribution is -2.17. The van der Waals surface area contributed by atoms with Gasteiger partial charge in [0.15, 0.2) is 0 Å². The Morgan fingerprint density at radius 1 is 1.44 bits per heavy atom. The average Bonchev–Trinajstić information content (AvgIpc) is 2.60. The average molecular weight is 223 g/mol. The van der Waals surface area contributed by atoms with Crippen LogP contribution in [0.3, 0.4) is 0 Å². The largest absolute Gasteiger partial charge is 0.323 e. The highest BCUT2D eigenvalue weighted by atomic mass is 15.3. The topological polar surface area (TPSA) is 43.8 Å². The van der Waals surface area contributed by atoms with E-state index in [9.17, 15) is 0 Å². The zero-order valence-electron chi connectivity index (χ0n) is 11.0. The second-order valence-electron chi connectivity index (χ2n) is 4.77. The molecule has 2 unspecified atom stereocenters. The summed E-state index contributed by atoms with van der Waals surface area (Å²) in [6.45, 7) is 6.62. The molecule has 16 heavy (non-hydrogen) atoms. The van der Waals surface area contributed by atoms with Crippen LogP contribution in [-0.2, 0) is 13.5 Å². The molecule has 0 bridgehead atoms.